The first-order valence-electron chi connectivity index (χ1n) is 7.50. The third-order valence-electron chi connectivity index (χ3n) is 4.60. The molecule has 1 aromatic rings. The van der Waals surface area contributed by atoms with Gasteiger partial charge in [-0.05, 0) is 42.5 Å². The molecule has 2 aliphatic rings. The Hall–Kier alpha value is -0.950. The second-order valence-electron chi connectivity index (χ2n) is 6.02. The quantitative estimate of drug-likeness (QED) is 0.845. The molecule has 1 aromatic carbocycles. The summed E-state index contributed by atoms with van der Waals surface area (Å²) in [7, 11) is -3.51. The maximum absolute atomic E-state index is 12.9. The zero-order valence-electron chi connectivity index (χ0n) is 12.2. The summed E-state index contributed by atoms with van der Waals surface area (Å²) < 4.78 is 27.3. The molecule has 3 rings (SSSR count). The Labute approximate surface area is 126 Å². The molecule has 6 heteroatoms. The zero-order valence-corrected chi connectivity index (χ0v) is 13.1. The molecule has 0 aliphatic carbocycles. The maximum atomic E-state index is 12.9. The van der Waals surface area contributed by atoms with E-state index in [2.05, 4.69) is 5.32 Å². The van der Waals surface area contributed by atoms with Gasteiger partial charge >= 0.3 is 0 Å². The molecule has 2 unspecified atom stereocenters. The van der Waals surface area contributed by atoms with E-state index in [1.54, 1.807) is 6.07 Å². The Kier molecular flexibility index (Phi) is 4.05. The summed E-state index contributed by atoms with van der Waals surface area (Å²) in [6.45, 7) is 4.18. The molecule has 116 valence electrons. The minimum atomic E-state index is -3.51. The second-order valence-corrected chi connectivity index (χ2v) is 7.92. The average Bonchev–Trinajstić information content (AvgIpc) is 2.49. The number of aliphatic hydroxyl groups excluding tert-OH is 1. The van der Waals surface area contributed by atoms with Crippen LogP contribution < -0.4 is 5.32 Å². The monoisotopic (exact) mass is 310 g/mol. The van der Waals surface area contributed by atoms with Crippen molar-refractivity contribution in [3.05, 3.63) is 29.3 Å². The topological polar surface area (TPSA) is 69.6 Å². The molecular formula is C15H22N2O3S. The highest BCUT2D eigenvalue weighted by molar-refractivity contribution is 7.89. The first kappa shape index (κ1) is 15.0. The van der Waals surface area contributed by atoms with Crippen molar-refractivity contribution in [3.63, 3.8) is 0 Å². The van der Waals surface area contributed by atoms with Gasteiger partial charge in [-0.2, -0.15) is 4.31 Å². The van der Waals surface area contributed by atoms with E-state index in [1.807, 2.05) is 19.1 Å². The van der Waals surface area contributed by atoms with E-state index in [1.165, 1.54) is 4.31 Å². The number of nitrogens with one attached hydrogen (secondary N) is 1. The van der Waals surface area contributed by atoms with Crippen LogP contribution in [-0.2, 0) is 23.0 Å². The van der Waals surface area contributed by atoms with Gasteiger partial charge in [0, 0.05) is 19.6 Å². The summed E-state index contributed by atoms with van der Waals surface area (Å²) in [5.41, 5.74) is 2.00. The SMILES string of the molecule is CC1CCN(S(=O)(=O)c2cccc3c2CCNC3)CC1O. The van der Waals surface area contributed by atoms with Crippen molar-refractivity contribution in [1.82, 2.24) is 9.62 Å². The number of β-amino-alcohol motifs (C(OH)–C–C–N with tert-alkyl or cyclic N) is 1. The highest BCUT2D eigenvalue weighted by Crippen LogP contribution is 2.28. The molecular weight excluding hydrogens is 288 g/mol. The number of hydrogen-bond donors (Lipinski definition) is 2. The molecule has 0 spiro atoms. The van der Waals surface area contributed by atoms with Crippen LogP contribution in [-0.4, -0.2) is 43.6 Å². The van der Waals surface area contributed by atoms with Crippen molar-refractivity contribution in [2.75, 3.05) is 19.6 Å². The minimum absolute atomic E-state index is 0.158. The number of aliphatic hydroxyl groups is 1. The lowest BCUT2D eigenvalue weighted by molar-refractivity contribution is 0.0605. The number of fused-ring (bicyclic) bond motifs is 1. The standard InChI is InChI=1S/C15H22N2O3S/c1-11-6-8-17(10-14(11)18)21(19,20)15-4-2-3-12-9-16-7-5-13(12)15/h2-4,11,14,16,18H,5-10H2,1H3. The summed E-state index contributed by atoms with van der Waals surface area (Å²) in [6, 6.07) is 5.49. The van der Waals surface area contributed by atoms with E-state index >= 15 is 0 Å². The predicted octanol–water partition coefficient (Wildman–Crippen LogP) is 0.724. The van der Waals surface area contributed by atoms with Crippen LogP contribution in [0.2, 0.25) is 0 Å². The zero-order chi connectivity index (χ0) is 15.0. The van der Waals surface area contributed by atoms with Gasteiger partial charge in [-0.1, -0.05) is 19.1 Å². The lowest BCUT2D eigenvalue weighted by Crippen LogP contribution is -2.46. The first-order valence-corrected chi connectivity index (χ1v) is 8.94. The van der Waals surface area contributed by atoms with E-state index in [0.29, 0.717) is 17.9 Å². The molecule has 0 bridgehead atoms. The Morgan fingerprint density at radius 3 is 2.95 bits per heavy atom. The van der Waals surface area contributed by atoms with Crippen LogP contribution >= 0.6 is 0 Å². The van der Waals surface area contributed by atoms with Gasteiger partial charge in [-0.25, -0.2) is 8.42 Å². The molecule has 5 nitrogen and oxygen atoms in total. The molecule has 0 saturated carbocycles. The van der Waals surface area contributed by atoms with Crippen LogP contribution in [0.25, 0.3) is 0 Å². The van der Waals surface area contributed by atoms with Crippen LogP contribution in [0.3, 0.4) is 0 Å². The van der Waals surface area contributed by atoms with Crippen LogP contribution in [0.4, 0.5) is 0 Å². The third kappa shape index (κ3) is 2.73. The smallest absolute Gasteiger partial charge is 0.243 e. The number of hydrogen-bond acceptors (Lipinski definition) is 4. The number of piperidine rings is 1. The second kappa shape index (κ2) is 5.68. The fourth-order valence-corrected chi connectivity index (χ4v) is 4.88. The number of benzene rings is 1. The van der Waals surface area contributed by atoms with Gasteiger partial charge in [0.2, 0.25) is 10.0 Å². The van der Waals surface area contributed by atoms with Gasteiger partial charge in [-0.15, -0.1) is 0 Å². The fraction of sp³-hybridized carbons (Fsp3) is 0.600. The van der Waals surface area contributed by atoms with Crippen molar-refractivity contribution in [2.45, 2.75) is 37.3 Å². The van der Waals surface area contributed by atoms with Crippen LogP contribution in [0.15, 0.2) is 23.1 Å². The summed E-state index contributed by atoms with van der Waals surface area (Å²) >= 11 is 0. The maximum Gasteiger partial charge on any atom is 0.243 e. The summed E-state index contributed by atoms with van der Waals surface area (Å²) in [4.78, 5) is 0.420. The van der Waals surface area contributed by atoms with Gasteiger partial charge in [-0.3, -0.25) is 0 Å². The molecule has 0 aromatic heterocycles. The van der Waals surface area contributed by atoms with Crippen molar-refractivity contribution >= 4 is 10.0 Å². The van der Waals surface area contributed by atoms with Crippen molar-refractivity contribution in [2.24, 2.45) is 5.92 Å². The van der Waals surface area contributed by atoms with Crippen LogP contribution in [0.5, 0.6) is 0 Å². The van der Waals surface area contributed by atoms with E-state index in [0.717, 1.165) is 30.6 Å². The summed E-state index contributed by atoms with van der Waals surface area (Å²) in [6.07, 6.45) is 0.865. The Morgan fingerprint density at radius 1 is 1.38 bits per heavy atom. The highest BCUT2D eigenvalue weighted by Gasteiger charge is 2.34. The van der Waals surface area contributed by atoms with Crippen LogP contribution in [0.1, 0.15) is 24.5 Å². The summed E-state index contributed by atoms with van der Waals surface area (Å²) in [5, 5.41) is 13.2. The Balaban J connectivity index is 1.96. The molecule has 2 atom stereocenters. The number of rotatable bonds is 2. The largest absolute Gasteiger partial charge is 0.391 e. The fourth-order valence-electron chi connectivity index (χ4n) is 3.12. The van der Waals surface area contributed by atoms with Gasteiger partial charge in [0.05, 0.1) is 11.0 Å². The molecule has 2 N–H and O–H groups in total. The Bertz CT molecular complexity index is 630. The van der Waals surface area contributed by atoms with Crippen molar-refractivity contribution < 1.29 is 13.5 Å². The van der Waals surface area contributed by atoms with Crippen molar-refractivity contribution in [1.29, 1.82) is 0 Å². The van der Waals surface area contributed by atoms with E-state index in [-0.39, 0.29) is 12.5 Å². The molecule has 1 saturated heterocycles. The highest BCUT2D eigenvalue weighted by atomic mass is 32.2. The minimum Gasteiger partial charge on any atom is -0.391 e. The number of nitrogens with zero attached hydrogens (tertiary/aromatic N) is 1. The van der Waals surface area contributed by atoms with E-state index in [4.69, 9.17) is 0 Å². The lowest BCUT2D eigenvalue weighted by atomic mass is 9.98. The van der Waals surface area contributed by atoms with E-state index in [9.17, 15) is 13.5 Å². The predicted molar refractivity (Wildman–Crippen MR) is 80.4 cm³/mol. The molecule has 2 heterocycles. The molecule has 0 radical (unpaired) electrons. The van der Waals surface area contributed by atoms with Crippen molar-refractivity contribution in [3.8, 4) is 0 Å². The van der Waals surface area contributed by atoms with Gasteiger partial charge < -0.3 is 10.4 Å². The van der Waals surface area contributed by atoms with Crippen LogP contribution in [0, 0.1) is 5.92 Å². The average molecular weight is 310 g/mol. The number of sulfonamides is 1. The molecule has 1 fully saturated rings. The molecule has 21 heavy (non-hydrogen) atoms. The van der Waals surface area contributed by atoms with Gasteiger partial charge in [0.1, 0.15) is 0 Å². The Morgan fingerprint density at radius 2 is 2.19 bits per heavy atom. The summed E-state index contributed by atoms with van der Waals surface area (Å²) in [5.74, 6) is 0.158. The molecule has 2 aliphatic heterocycles. The lowest BCUT2D eigenvalue weighted by Gasteiger charge is -2.34. The van der Waals surface area contributed by atoms with Gasteiger partial charge in [0.25, 0.3) is 0 Å². The van der Waals surface area contributed by atoms with Gasteiger partial charge in [0.15, 0.2) is 0 Å². The first-order chi connectivity index (χ1) is 10.00. The van der Waals surface area contributed by atoms with E-state index < -0.39 is 16.1 Å². The molecule has 0 amide bonds. The normalized spacial score (nSPS) is 27.3. The third-order valence-corrected chi connectivity index (χ3v) is 6.55.